The Kier molecular flexibility index (Phi) is 6.52. The van der Waals surface area contributed by atoms with E-state index < -0.39 is 11.7 Å². The van der Waals surface area contributed by atoms with Crippen molar-refractivity contribution < 1.29 is 13.6 Å². The van der Waals surface area contributed by atoms with Gasteiger partial charge in [0.05, 0.1) is 0 Å². The smallest absolute Gasteiger partial charge is 0.270 e. The molecule has 0 radical (unpaired) electrons. The molecule has 5 nitrogen and oxygen atoms in total. The average molecular weight is 421 g/mol. The molecular formula is C21H23ClF2N4O. The van der Waals surface area contributed by atoms with Crippen LogP contribution in [0.3, 0.4) is 0 Å². The highest BCUT2D eigenvalue weighted by Crippen LogP contribution is 2.27. The Morgan fingerprint density at radius 3 is 2.55 bits per heavy atom. The number of hydrogen-bond donors (Lipinski definition) is 4. The summed E-state index contributed by atoms with van der Waals surface area (Å²) in [5, 5.41) is 6.44. The van der Waals surface area contributed by atoms with Gasteiger partial charge >= 0.3 is 0 Å². The predicted molar refractivity (Wildman–Crippen MR) is 112 cm³/mol. The van der Waals surface area contributed by atoms with E-state index in [9.17, 15) is 13.6 Å². The van der Waals surface area contributed by atoms with Gasteiger partial charge in [0.15, 0.2) is 5.82 Å². The van der Waals surface area contributed by atoms with Gasteiger partial charge in [0.2, 0.25) is 0 Å². The molecule has 0 aliphatic carbocycles. The van der Waals surface area contributed by atoms with Gasteiger partial charge in [0.1, 0.15) is 11.5 Å². The minimum atomic E-state index is -0.572. The summed E-state index contributed by atoms with van der Waals surface area (Å²) in [6.45, 7) is 1.87. The van der Waals surface area contributed by atoms with Crippen molar-refractivity contribution in [3.63, 3.8) is 0 Å². The van der Waals surface area contributed by atoms with Crippen LogP contribution in [-0.4, -0.2) is 36.6 Å². The van der Waals surface area contributed by atoms with Crippen molar-refractivity contribution in [3.8, 4) is 11.1 Å². The maximum absolute atomic E-state index is 14.7. The van der Waals surface area contributed by atoms with Crippen molar-refractivity contribution in [1.29, 1.82) is 0 Å². The van der Waals surface area contributed by atoms with E-state index in [1.807, 2.05) is 0 Å². The Morgan fingerprint density at radius 2 is 1.86 bits per heavy atom. The summed E-state index contributed by atoms with van der Waals surface area (Å²) in [5.74, 6) is -0.951. The molecule has 3 aromatic rings. The minimum Gasteiger partial charge on any atom is -0.349 e. The summed E-state index contributed by atoms with van der Waals surface area (Å²) in [5.41, 5.74) is 7.72. The molecular weight excluding hydrogens is 398 g/mol. The maximum atomic E-state index is 14.7. The van der Waals surface area contributed by atoms with Crippen LogP contribution in [0.4, 0.5) is 8.78 Å². The number of H-pyrrole nitrogens is 1. The van der Waals surface area contributed by atoms with Crippen LogP contribution >= 0.6 is 12.4 Å². The van der Waals surface area contributed by atoms with Crippen molar-refractivity contribution in [1.82, 2.24) is 15.6 Å². The second kappa shape index (κ2) is 8.90. The van der Waals surface area contributed by atoms with E-state index in [2.05, 4.69) is 15.6 Å². The SMILES string of the molecule is Cl.NC[C@@H]1CN[C@H](CNC(=O)c2[nH]c3cc(-c4ccc(F)cc4)ccc3c2F)C1. The van der Waals surface area contributed by atoms with Crippen LogP contribution in [0.15, 0.2) is 42.5 Å². The summed E-state index contributed by atoms with van der Waals surface area (Å²) >= 11 is 0. The average Bonchev–Trinajstić information content (AvgIpc) is 3.31. The fourth-order valence-electron chi connectivity index (χ4n) is 3.68. The molecule has 1 saturated heterocycles. The fraction of sp³-hybridized carbons (Fsp3) is 0.286. The number of fused-ring (bicyclic) bond motifs is 1. The third-order valence-electron chi connectivity index (χ3n) is 5.30. The number of hydrogen-bond acceptors (Lipinski definition) is 3. The van der Waals surface area contributed by atoms with Crippen LogP contribution in [0.2, 0.25) is 0 Å². The van der Waals surface area contributed by atoms with Crippen LogP contribution in [-0.2, 0) is 0 Å². The molecule has 1 aliphatic rings. The Balaban J connectivity index is 0.00000240. The molecule has 0 spiro atoms. The zero-order valence-corrected chi connectivity index (χ0v) is 16.5. The molecule has 1 aromatic heterocycles. The number of halogens is 3. The van der Waals surface area contributed by atoms with Crippen LogP contribution < -0.4 is 16.4 Å². The zero-order chi connectivity index (χ0) is 19.7. The van der Waals surface area contributed by atoms with Crippen LogP contribution in [0.25, 0.3) is 22.0 Å². The zero-order valence-electron chi connectivity index (χ0n) is 15.7. The van der Waals surface area contributed by atoms with E-state index in [1.54, 1.807) is 30.3 Å². The highest BCUT2D eigenvalue weighted by atomic mass is 35.5. The van der Waals surface area contributed by atoms with Gasteiger partial charge in [-0.3, -0.25) is 4.79 Å². The Bertz CT molecular complexity index is 1010. The number of aromatic nitrogens is 1. The number of carbonyl (C=O) groups is 1. The Labute approximate surface area is 173 Å². The number of nitrogens with one attached hydrogen (secondary N) is 3. The Hall–Kier alpha value is -2.48. The summed E-state index contributed by atoms with van der Waals surface area (Å²) in [6, 6.07) is 11.4. The second-order valence-electron chi connectivity index (χ2n) is 7.23. The first-order valence-corrected chi connectivity index (χ1v) is 9.34. The normalized spacial score (nSPS) is 18.6. The van der Waals surface area contributed by atoms with E-state index >= 15 is 0 Å². The molecule has 0 bridgehead atoms. The molecule has 2 heterocycles. The summed E-state index contributed by atoms with van der Waals surface area (Å²) in [7, 11) is 0. The lowest BCUT2D eigenvalue weighted by atomic mass is 10.0. The van der Waals surface area contributed by atoms with Crippen LogP contribution in [0.5, 0.6) is 0 Å². The third-order valence-corrected chi connectivity index (χ3v) is 5.30. The van der Waals surface area contributed by atoms with Crippen molar-refractivity contribution in [2.75, 3.05) is 19.6 Å². The number of nitrogens with two attached hydrogens (primary N) is 1. The number of benzene rings is 2. The molecule has 29 heavy (non-hydrogen) atoms. The first-order valence-electron chi connectivity index (χ1n) is 9.34. The second-order valence-corrected chi connectivity index (χ2v) is 7.23. The molecule has 0 unspecified atom stereocenters. The van der Waals surface area contributed by atoms with Crippen molar-refractivity contribution >= 4 is 29.2 Å². The molecule has 5 N–H and O–H groups in total. The number of carbonyl (C=O) groups excluding carboxylic acids is 1. The first-order chi connectivity index (χ1) is 13.5. The van der Waals surface area contributed by atoms with Gasteiger partial charge in [-0.05, 0) is 60.8 Å². The van der Waals surface area contributed by atoms with Crippen molar-refractivity contribution in [2.45, 2.75) is 12.5 Å². The molecule has 1 aliphatic heterocycles. The van der Waals surface area contributed by atoms with E-state index in [-0.39, 0.29) is 30.0 Å². The van der Waals surface area contributed by atoms with Gasteiger partial charge in [-0.1, -0.05) is 18.2 Å². The highest BCUT2D eigenvalue weighted by molar-refractivity contribution is 5.99. The Morgan fingerprint density at radius 1 is 1.14 bits per heavy atom. The third kappa shape index (κ3) is 4.42. The molecule has 1 amide bonds. The van der Waals surface area contributed by atoms with Crippen molar-refractivity contribution in [2.24, 2.45) is 11.7 Å². The lowest BCUT2D eigenvalue weighted by Crippen LogP contribution is -2.37. The van der Waals surface area contributed by atoms with E-state index in [0.29, 0.717) is 29.9 Å². The molecule has 154 valence electrons. The van der Waals surface area contributed by atoms with Crippen LogP contribution in [0.1, 0.15) is 16.9 Å². The molecule has 2 aromatic carbocycles. The van der Waals surface area contributed by atoms with E-state index in [4.69, 9.17) is 5.73 Å². The molecule has 1 fully saturated rings. The number of rotatable bonds is 5. The maximum Gasteiger partial charge on any atom is 0.270 e. The first kappa shape index (κ1) is 21.2. The molecule has 8 heteroatoms. The molecule has 4 rings (SSSR count). The summed E-state index contributed by atoms with van der Waals surface area (Å²) < 4.78 is 27.8. The van der Waals surface area contributed by atoms with Gasteiger partial charge in [0.25, 0.3) is 5.91 Å². The molecule has 2 atom stereocenters. The van der Waals surface area contributed by atoms with Gasteiger partial charge in [-0.2, -0.15) is 0 Å². The molecule has 0 saturated carbocycles. The van der Waals surface area contributed by atoms with Gasteiger partial charge in [-0.15, -0.1) is 12.4 Å². The van der Waals surface area contributed by atoms with E-state index in [0.717, 1.165) is 24.1 Å². The van der Waals surface area contributed by atoms with Gasteiger partial charge < -0.3 is 21.4 Å². The van der Waals surface area contributed by atoms with Gasteiger partial charge in [-0.25, -0.2) is 8.78 Å². The standard InChI is InChI=1S/C21H22F2N4O.ClH/c22-15-4-1-13(2-5-15)14-3-6-17-18(8-14)27-20(19(17)23)21(28)26-11-16-7-12(9-24)10-25-16;/h1-6,8,12,16,25,27H,7,9-11,24H2,(H,26,28);1H/t12-,16+;/m1./s1. The number of aromatic amines is 1. The quantitative estimate of drug-likeness (QED) is 0.511. The van der Waals surface area contributed by atoms with Gasteiger partial charge in [0, 0.05) is 23.5 Å². The lowest BCUT2D eigenvalue weighted by molar-refractivity contribution is 0.0942. The highest BCUT2D eigenvalue weighted by Gasteiger charge is 2.24. The van der Waals surface area contributed by atoms with Crippen LogP contribution in [0, 0.1) is 17.6 Å². The van der Waals surface area contributed by atoms with Crippen molar-refractivity contribution in [3.05, 3.63) is 59.8 Å². The predicted octanol–water partition coefficient (Wildman–Crippen LogP) is 3.20. The summed E-state index contributed by atoms with van der Waals surface area (Å²) in [6.07, 6.45) is 0.896. The largest absolute Gasteiger partial charge is 0.349 e. The topological polar surface area (TPSA) is 82.9 Å². The number of amides is 1. The van der Waals surface area contributed by atoms with E-state index in [1.165, 1.54) is 12.1 Å². The summed E-state index contributed by atoms with van der Waals surface area (Å²) in [4.78, 5) is 15.3. The monoisotopic (exact) mass is 420 g/mol. The lowest BCUT2D eigenvalue weighted by Gasteiger charge is -2.11. The minimum absolute atomic E-state index is 0. The fourth-order valence-corrected chi connectivity index (χ4v) is 3.68.